The third-order valence-electron chi connectivity index (χ3n) is 8.08. The van der Waals surface area contributed by atoms with Gasteiger partial charge in [-0.05, 0) is 68.1 Å². The van der Waals surface area contributed by atoms with Gasteiger partial charge in [-0.15, -0.1) is 0 Å². The lowest BCUT2D eigenvalue weighted by Crippen LogP contribution is -2.16. The zero-order chi connectivity index (χ0) is 36.6. The molecule has 5 aromatic rings. The van der Waals surface area contributed by atoms with Crippen molar-refractivity contribution in [2.45, 2.75) is 78.4 Å². The minimum Gasteiger partial charge on any atom is -0.478 e. The van der Waals surface area contributed by atoms with Crippen LogP contribution in [0.5, 0.6) is 5.88 Å². The van der Waals surface area contributed by atoms with Gasteiger partial charge < -0.3 is 9.30 Å². The summed E-state index contributed by atoms with van der Waals surface area (Å²) < 4.78 is 75.6. The Morgan fingerprint density at radius 3 is 2.14 bits per heavy atom. The Bertz CT molecular complexity index is 2020. The summed E-state index contributed by atoms with van der Waals surface area (Å²) in [5, 5.41) is 0.625. The van der Waals surface area contributed by atoms with E-state index in [9.17, 15) is 26.4 Å². The molecule has 0 radical (unpaired) electrons. The van der Waals surface area contributed by atoms with Crippen molar-refractivity contribution in [2.75, 3.05) is 11.3 Å². The van der Waals surface area contributed by atoms with E-state index >= 15 is 0 Å². The minimum absolute atomic E-state index is 0.138. The molecule has 6 rings (SSSR count). The second kappa shape index (κ2) is 16.4. The summed E-state index contributed by atoms with van der Waals surface area (Å²) in [6, 6.07) is 20.8. The number of hydrogen-bond donors (Lipinski definition) is 1. The number of carbonyl (C=O) groups excluding carboxylic acids is 1. The van der Waals surface area contributed by atoms with Crippen LogP contribution in [0.4, 0.5) is 18.9 Å². The maximum atomic E-state index is 13.8. The first-order valence-electron chi connectivity index (χ1n) is 16.8. The second-order valence-corrected chi connectivity index (χ2v) is 13.8. The van der Waals surface area contributed by atoms with Crippen molar-refractivity contribution < 1.29 is 31.1 Å². The van der Waals surface area contributed by atoms with E-state index in [1.807, 2.05) is 51.3 Å². The summed E-state index contributed by atoms with van der Waals surface area (Å²) in [6.07, 6.45) is -0.835. The molecule has 0 spiro atoms. The number of ketones is 1. The molecule has 0 atom stereocenters. The van der Waals surface area contributed by atoms with Crippen LogP contribution in [0.25, 0.3) is 11.0 Å². The number of carbonyl (C=O) groups is 1. The standard InChI is InChI=1S/C33H30F3N3O4S.C4H8.C2H6/c1-4-19-43-29-18-17-27-30(31(40)23-11-9-21(2)10-12-23)22(3)39(32(27)37-29)20-24-7-5-6-8-28(24)38-44(41,42)26-15-13-25(14-16-26)33(34,35)36;1-4-2-3-4;1-2/h5-18,38H,4,19-20H2,1-3H3;4H,2-3H2,1H3;1-2H3. The number of aryl methyl sites for hydroxylation is 1. The summed E-state index contributed by atoms with van der Waals surface area (Å²) in [7, 11) is -4.22. The first-order valence-corrected chi connectivity index (χ1v) is 18.3. The number of nitrogens with one attached hydrogen (secondary N) is 1. The Kier molecular flexibility index (Phi) is 12.5. The lowest BCUT2D eigenvalue weighted by atomic mass is 10.0. The fourth-order valence-corrected chi connectivity index (χ4v) is 6.16. The number of sulfonamides is 1. The molecule has 266 valence electrons. The van der Waals surface area contributed by atoms with Crippen molar-refractivity contribution in [3.63, 3.8) is 0 Å². The normalized spacial score (nSPS) is 12.7. The van der Waals surface area contributed by atoms with Crippen molar-refractivity contribution in [2.24, 2.45) is 5.92 Å². The Morgan fingerprint density at radius 1 is 0.940 bits per heavy atom. The van der Waals surface area contributed by atoms with E-state index in [2.05, 4.69) is 11.6 Å². The molecule has 0 aliphatic heterocycles. The number of aromatic nitrogens is 2. The molecule has 50 heavy (non-hydrogen) atoms. The lowest BCUT2D eigenvalue weighted by molar-refractivity contribution is -0.137. The van der Waals surface area contributed by atoms with Gasteiger partial charge in [-0.1, -0.05) is 88.6 Å². The maximum absolute atomic E-state index is 13.8. The van der Waals surface area contributed by atoms with Crippen LogP contribution in [-0.4, -0.2) is 30.4 Å². The number of alkyl halides is 3. The van der Waals surface area contributed by atoms with Crippen LogP contribution in [0.15, 0.2) is 89.8 Å². The molecule has 1 N–H and O–H groups in total. The van der Waals surface area contributed by atoms with E-state index in [0.717, 1.165) is 42.2 Å². The minimum atomic E-state index is -4.59. The summed E-state index contributed by atoms with van der Waals surface area (Å²) in [5.41, 5.74) is 2.98. The Hall–Kier alpha value is -4.64. The van der Waals surface area contributed by atoms with E-state index in [-0.39, 0.29) is 22.9 Å². The third kappa shape index (κ3) is 9.32. The SMILES string of the molecule is CC.CC1CC1.CCCOc1ccc2c(C(=O)c3ccc(C)cc3)c(C)n(Cc3ccccc3NS(=O)(=O)c3ccc(C(F)(F)F)cc3)c2n1. The molecule has 1 fully saturated rings. The third-order valence-corrected chi connectivity index (χ3v) is 9.47. The number of nitrogens with zero attached hydrogens (tertiary/aromatic N) is 2. The number of halogens is 3. The molecule has 7 nitrogen and oxygen atoms in total. The number of hydrogen-bond acceptors (Lipinski definition) is 5. The first kappa shape index (κ1) is 38.2. The Morgan fingerprint density at radius 2 is 1.56 bits per heavy atom. The van der Waals surface area contributed by atoms with Gasteiger partial charge in [-0.25, -0.2) is 8.42 Å². The highest BCUT2D eigenvalue weighted by Crippen LogP contribution is 2.33. The van der Waals surface area contributed by atoms with Gasteiger partial charge in [0.15, 0.2) is 5.78 Å². The molecule has 1 aliphatic carbocycles. The summed E-state index contributed by atoms with van der Waals surface area (Å²) in [5.74, 6) is 1.30. The monoisotopic (exact) mass is 707 g/mol. The van der Waals surface area contributed by atoms with Crippen molar-refractivity contribution in [1.82, 2.24) is 9.55 Å². The van der Waals surface area contributed by atoms with Gasteiger partial charge in [0.2, 0.25) is 5.88 Å². The van der Waals surface area contributed by atoms with Crippen LogP contribution < -0.4 is 9.46 Å². The zero-order valence-electron chi connectivity index (χ0n) is 29.3. The molecule has 3 aromatic carbocycles. The first-order chi connectivity index (χ1) is 23.8. The fourth-order valence-electron chi connectivity index (χ4n) is 5.06. The molecule has 2 aromatic heterocycles. The van der Waals surface area contributed by atoms with Crippen LogP contribution in [0.2, 0.25) is 0 Å². The van der Waals surface area contributed by atoms with Crippen LogP contribution in [0.1, 0.15) is 85.3 Å². The molecule has 0 saturated heterocycles. The van der Waals surface area contributed by atoms with Gasteiger partial charge >= 0.3 is 6.18 Å². The van der Waals surface area contributed by atoms with E-state index in [0.29, 0.717) is 45.9 Å². The quantitative estimate of drug-likeness (QED) is 0.146. The van der Waals surface area contributed by atoms with Gasteiger partial charge in [-0.2, -0.15) is 18.2 Å². The van der Waals surface area contributed by atoms with E-state index in [4.69, 9.17) is 9.72 Å². The molecule has 1 saturated carbocycles. The van der Waals surface area contributed by atoms with Gasteiger partial charge in [0.1, 0.15) is 5.65 Å². The number of para-hydroxylation sites is 1. The molecule has 11 heteroatoms. The Labute approximate surface area is 292 Å². The highest BCUT2D eigenvalue weighted by atomic mass is 32.2. The van der Waals surface area contributed by atoms with Crippen molar-refractivity contribution in [3.8, 4) is 5.88 Å². The Balaban J connectivity index is 0.000000859. The molecule has 2 heterocycles. The number of ether oxygens (including phenoxy) is 1. The predicted molar refractivity (Wildman–Crippen MR) is 192 cm³/mol. The average Bonchev–Trinajstić information content (AvgIpc) is 3.84. The zero-order valence-corrected chi connectivity index (χ0v) is 30.1. The van der Waals surface area contributed by atoms with Crippen molar-refractivity contribution in [1.29, 1.82) is 0 Å². The fraction of sp³-hybridized carbons (Fsp3) is 0.333. The number of fused-ring (bicyclic) bond motifs is 1. The van der Waals surface area contributed by atoms with Gasteiger partial charge in [0.25, 0.3) is 10.0 Å². The molecular formula is C39H44F3N3O4S. The second-order valence-electron chi connectivity index (χ2n) is 12.1. The van der Waals surface area contributed by atoms with Crippen LogP contribution >= 0.6 is 0 Å². The molecule has 0 unspecified atom stereocenters. The van der Waals surface area contributed by atoms with Crippen LogP contribution in [-0.2, 0) is 22.7 Å². The van der Waals surface area contributed by atoms with Crippen LogP contribution in [0, 0.1) is 19.8 Å². The summed E-state index contributed by atoms with van der Waals surface area (Å²) in [4.78, 5) is 18.2. The molecule has 1 aliphatic rings. The predicted octanol–water partition coefficient (Wildman–Crippen LogP) is 9.98. The lowest BCUT2D eigenvalue weighted by Gasteiger charge is -2.15. The van der Waals surface area contributed by atoms with E-state index < -0.39 is 21.8 Å². The smallest absolute Gasteiger partial charge is 0.416 e. The summed E-state index contributed by atoms with van der Waals surface area (Å²) in [6.45, 7) is 12.6. The van der Waals surface area contributed by atoms with E-state index in [1.165, 1.54) is 12.8 Å². The highest BCUT2D eigenvalue weighted by Gasteiger charge is 2.31. The maximum Gasteiger partial charge on any atom is 0.416 e. The van der Waals surface area contributed by atoms with Crippen molar-refractivity contribution >= 4 is 32.5 Å². The van der Waals surface area contributed by atoms with Gasteiger partial charge in [-0.3, -0.25) is 9.52 Å². The molecule has 0 amide bonds. The number of rotatable bonds is 10. The number of pyridine rings is 1. The van der Waals surface area contributed by atoms with Gasteiger partial charge in [0, 0.05) is 22.7 Å². The largest absolute Gasteiger partial charge is 0.478 e. The van der Waals surface area contributed by atoms with Crippen LogP contribution in [0.3, 0.4) is 0 Å². The van der Waals surface area contributed by atoms with Gasteiger partial charge in [0.05, 0.1) is 34.9 Å². The number of anilines is 1. The number of benzene rings is 3. The summed E-state index contributed by atoms with van der Waals surface area (Å²) >= 11 is 0. The van der Waals surface area contributed by atoms with E-state index in [1.54, 1.807) is 48.5 Å². The average molecular weight is 708 g/mol. The molecule has 0 bridgehead atoms. The highest BCUT2D eigenvalue weighted by molar-refractivity contribution is 7.92. The topological polar surface area (TPSA) is 90.3 Å². The van der Waals surface area contributed by atoms with Crippen molar-refractivity contribution in [3.05, 3.63) is 118 Å². The molecular weight excluding hydrogens is 664 g/mol.